The third-order valence-corrected chi connectivity index (χ3v) is 9.29. The lowest BCUT2D eigenvalue weighted by Gasteiger charge is -2.57. The van der Waals surface area contributed by atoms with E-state index < -0.39 is 10.0 Å². The molecule has 5 rings (SSSR count). The minimum Gasteiger partial charge on any atom is -0.380 e. The van der Waals surface area contributed by atoms with Crippen LogP contribution in [0.25, 0.3) is 0 Å². The predicted octanol–water partition coefficient (Wildman–Crippen LogP) is 1.86. The highest BCUT2D eigenvalue weighted by Gasteiger charge is 2.54. The summed E-state index contributed by atoms with van der Waals surface area (Å²) in [6.07, 6.45) is 2.35. The monoisotopic (exact) mass is 437 g/mol. The van der Waals surface area contributed by atoms with Crippen LogP contribution in [0.4, 0.5) is 0 Å². The van der Waals surface area contributed by atoms with Crippen molar-refractivity contribution in [3.8, 4) is 6.07 Å². The Hall–Kier alpha value is -1.21. The second-order valence-corrected chi connectivity index (χ2v) is 11.2. The molecule has 4 heterocycles. The lowest BCUT2D eigenvalue weighted by Crippen LogP contribution is -2.68. The summed E-state index contributed by atoms with van der Waals surface area (Å²) in [7, 11) is -3.69. The number of nitriles is 1. The Morgan fingerprint density at radius 3 is 2.52 bits per heavy atom. The van der Waals surface area contributed by atoms with Crippen LogP contribution in [0.1, 0.15) is 24.8 Å². The fraction of sp³-hybridized carbons (Fsp3) is 0.650. The SMILES string of the molecule is N#Cc1ccc(S(=O)(=O)N2CCC3(CC2)CC(N2CC4(COC4)C2)CO3)c(Cl)c1. The number of benzene rings is 1. The van der Waals surface area contributed by atoms with E-state index in [0.29, 0.717) is 43.0 Å². The summed E-state index contributed by atoms with van der Waals surface area (Å²) in [4.78, 5) is 2.56. The molecule has 1 aromatic carbocycles. The van der Waals surface area contributed by atoms with Gasteiger partial charge in [0.15, 0.2) is 0 Å². The van der Waals surface area contributed by atoms with Gasteiger partial charge in [0, 0.05) is 37.6 Å². The van der Waals surface area contributed by atoms with Crippen LogP contribution in [0, 0.1) is 16.7 Å². The Morgan fingerprint density at radius 2 is 1.93 bits per heavy atom. The number of piperidine rings is 1. The lowest BCUT2D eigenvalue weighted by molar-refractivity contribution is -0.197. The maximum absolute atomic E-state index is 13.0. The van der Waals surface area contributed by atoms with Gasteiger partial charge in [0.05, 0.1) is 42.1 Å². The van der Waals surface area contributed by atoms with Crippen LogP contribution in [-0.4, -0.2) is 75.3 Å². The summed E-state index contributed by atoms with van der Waals surface area (Å²) in [6.45, 7) is 5.51. The average Bonchev–Trinajstić information content (AvgIpc) is 3.02. The molecule has 1 unspecified atom stereocenters. The zero-order chi connectivity index (χ0) is 20.3. The second-order valence-electron chi connectivity index (χ2n) is 8.91. The smallest absolute Gasteiger partial charge is 0.244 e. The summed E-state index contributed by atoms with van der Waals surface area (Å²) in [5.74, 6) is 0. The van der Waals surface area contributed by atoms with E-state index in [-0.39, 0.29) is 15.5 Å². The van der Waals surface area contributed by atoms with Crippen LogP contribution in [-0.2, 0) is 19.5 Å². The summed E-state index contributed by atoms with van der Waals surface area (Å²) in [6, 6.07) is 6.71. The van der Waals surface area contributed by atoms with Gasteiger partial charge in [-0.25, -0.2) is 8.42 Å². The molecular weight excluding hydrogens is 414 g/mol. The van der Waals surface area contributed by atoms with E-state index >= 15 is 0 Å². The fourth-order valence-corrected chi connectivity index (χ4v) is 7.06. The molecule has 0 N–H and O–H groups in total. The Labute approximate surface area is 176 Å². The van der Waals surface area contributed by atoms with E-state index in [0.717, 1.165) is 39.3 Å². The van der Waals surface area contributed by atoms with Crippen molar-refractivity contribution >= 4 is 21.6 Å². The molecule has 9 heteroatoms. The Morgan fingerprint density at radius 1 is 1.21 bits per heavy atom. The third kappa shape index (κ3) is 3.29. The van der Waals surface area contributed by atoms with Crippen LogP contribution in [0.3, 0.4) is 0 Å². The van der Waals surface area contributed by atoms with Crippen molar-refractivity contribution in [2.75, 3.05) is 46.0 Å². The molecule has 0 aliphatic carbocycles. The highest BCUT2D eigenvalue weighted by molar-refractivity contribution is 7.89. The molecule has 4 aliphatic rings. The van der Waals surface area contributed by atoms with Crippen LogP contribution in [0.2, 0.25) is 5.02 Å². The quantitative estimate of drug-likeness (QED) is 0.717. The van der Waals surface area contributed by atoms with Gasteiger partial charge in [0.1, 0.15) is 4.90 Å². The number of hydrogen-bond donors (Lipinski definition) is 0. The zero-order valence-corrected chi connectivity index (χ0v) is 17.7. The van der Waals surface area contributed by atoms with Crippen LogP contribution >= 0.6 is 11.6 Å². The second kappa shape index (κ2) is 6.91. The summed E-state index contributed by atoms with van der Waals surface area (Å²) < 4.78 is 39.2. The van der Waals surface area contributed by atoms with Crippen LogP contribution in [0.5, 0.6) is 0 Å². The van der Waals surface area contributed by atoms with Gasteiger partial charge in [0.2, 0.25) is 10.0 Å². The van der Waals surface area contributed by atoms with E-state index in [9.17, 15) is 8.42 Å². The van der Waals surface area contributed by atoms with Gasteiger partial charge >= 0.3 is 0 Å². The molecule has 156 valence electrons. The average molecular weight is 438 g/mol. The molecule has 7 nitrogen and oxygen atoms in total. The van der Waals surface area contributed by atoms with Gasteiger partial charge in [-0.15, -0.1) is 0 Å². The first-order chi connectivity index (χ1) is 13.8. The molecule has 4 aliphatic heterocycles. The highest BCUT2D eigenvalue weighted by Crippen LogP contribution is 2.44. The van der Waals surface area contributed by atoms with Crippen LogP contribution in [0.15, 0.2) is 23.1 Å². The summed E-state index contributed by atoms with van der Waals surface area (Å²) in [5, 5.41) is 9.05. The van der Waals surface area contributed by atoms with Crippen molar-refractivity contribution < 1.29 is 17.9 Å². The fourth-order valence-electron chi connectivity index (χ4n) is 5.10. The van der Waals surface area contributed by atoms with Crippen molar-refractivity contribution in [2.45, 2.75) is 35.8 Å². The number of hydrogen-bond acceptors (Lipinski definition) is 6. The lowest BCUT2D eigenvalue weighted by atomic mass is 9.76. The minimum absolute atomic E-state index is 0.0629. The maximum atomic E-state index is 13.0. The van der Waals surface area contributed by atoms with Gasteiger partial charge in [-0.2, -0.15) is 9.57 Å². The first kappa shape index (κ1) is 19.7. The van der Waals surface area contributed by atoms with E-state index in [4.69, 9.17) is 26.3 Å². The maximum Gasteiger partial charge on any atom is 0.244 e. The molecule has 0 amide bonds. The standard InChI is InChI=1S/C20H24ClN3O4S/c21-17-7-15(9-22)1-2-18(17)29(25,26)24-5-3-20(4-6-24)8-16(10-28-20)23-11-19(12-23)13-27-14-19/h1-2,7,16H,3-6,8,10-14H2. The predicted molar refractivity (Wildman–Crippen MR) is 106 cm³/mol. The number of sulfonamides is 1. The van der Waals surface area contributed by atoms with Crippen molar-refractivity contribution in [3.63, 3.8) is 0 Å². The van der Waals surface area contributed by atoms with E-state index in [1.165, 1.54) is 22.5 Å². The molecule has 4 fully saturated rings. The number of nitrogens with zero attached hydrogens (tertiary/aromatic N) is 3. The molecule has 2 spiro atoms. The minimum atomic E-state index is -3.69. The normalized spacial score (nSPS) is 28.8. The van der Waals surface area contributed by atoms with Crippen LogP contribution < -0.4 is 0 Å². The third-order valence-electron chi connectivity index (χ3n) is 6.91. The molecular formula is C20H24ClN3O4S. The first-order valence-corrected chi connectivity index (χ1v) is 11.8. The van der Waals surface area contributed by atoms with E-state index in [1.54, 1.807) is 0 Å². The van der Waals surface area contributed by atoms with Gasteiger partial charge < -0.3 is 9.47 Å². The molecule has 1 aromatic rings. The molecule has 0 bridgehead atoms. The largest absolute Gasteiger partial charge is 0.380 e. The van der Waals surface area contributed by atoms with Crippen molar-refractivity contribution in [3.05, 3.63) is 28.8 Å². The van der Waals surface area contributed by atoms with Gasteiger partial charge in [-0.3, -0.25) is 4.90 Å². The number of likely N-dealkylation sites (tertiary alicyclic amines) is 1. The Balaban J connectivity index is 1.22. The molecule has 1 atom stereocenters. The van der Waals surface area contributed by atoms with Gasteiger partial charge in [-0.05, 0) is 37.5 Å². The van der Waals surface area contributed by atoms with Gasteiger partial charge in [-0.1, -0.05) is 11.6 Å². The first-order valence-electron chi connectivity index (χ1n) is 10.0. The van der Waals surface area contributed by atoms with E-state index in [2.05, 4.69) is 4.90 Å². The van der Waals surface area contributed by atoms with Crippen molar-refractivity contribution in [1.29, 1.82) is 5.26 Å². The Kier molecular flexibility index (Phi) is 4.70. The molecule has 0 saturated carbocycles. The number of ether oxygens (including phenoxy) is 2. The molecule has 29 heavy (non-hydrogen) atoms. The molecule has 0 radical (unpaired) electrons. The molecule has 0 aromatic heterocycles. The van der Waals surface area contributed by atoms with E-state index in [1.807, 2.05) is 6.07 Å². The van der Waals surface area contributed by atoms with Crippen molar-refractivity contribution in [2.24, 2.45) is 5.41 Å². The topological polar surface area (TPSA) is 82.9 Å². The summed E-state index contributed by atoms with van der Waals surface area (Å²) >= 11 is 6.15. The molecule has 4 saturated heterocycles. The highest BCUT2D eigenvalue weighted by atomic mass is 35.5. The summed E-state index contributed by atoms with van der Waals surface area (Å²) in [5.41, 5.74) is 0.524. The van der Waals surface area contributed by atoms with Gasteiger partial charge in [0.25, 0.3) is 0 Å². The zero-order valence-electron chi connectivity index (χ0n) is 16.1. The number of halogens is 1. The van der Waals surface area contributed by atoms with Crippen molar-refractivity contribution in [1.82, 2.24) is 9.21 Å². The Bertz CT molecular complexity index is 956. The number of rotatable bonds is 3.